The average Bonchev–Trinajstić information content (AvgIpc) is 3.82. The summed E-state index contributed by atoms with van der Waals surface area (Å²) in [5, 5.41) is 7.43. The Bertz CT molecular complexity index is 2900. The van der Waals surface area contributed by atoms with Crippen molar-refractivity contribution < 1.29 is 25.8 Å². The van der Waals surface area contributed by atoms with Gasteiger partial charge in [0.2, 0.25) is 0 Å². The van der Waals surface area contributed by atoms with Crippen LogP contribution in [0.3, 0.4) is 0 Å². The first-order valence-electron chi connectivity index (χ1n) is 20.2. The molecule has 1 aromatic heterocycles. The van der Waals surface area contributed by atoms with Crippen LogP contribution in [-0.2, 0) is 27.7 Å². The first-order chi connectivity index (χ1) is 29.0. The normalized spacial score (nSPS) is 12.2. The fraction of sp³-hybridized carbons (Fsp3) is 0.0926. The van der Waals surface area contributed by atoms with Gasteiger partial charge >= 0.3 is 21.1 Å². The molecule has 0 N–H and O–H groups in total. The molecule has 0 amide bonds. The molecule has 10 rings (SSSR count). The van der Waals surface area contributed by atoms with Gasteiger partial charge in [0.1, 0.15) is 0 Å². The molecule has 9 aromatic rings. The third kappa shape index (κ3) is 7.24. The second-order valence-corrected chi connectivity index (χ2v) is 15.3. The number of fused-ring (bicyclic) bond motifs is 4. The Morgan fingerprint density at radius 1 is 0.600 bits per heavy atom. The second kappa shape index (κ2) is 16.6. The van der Waals surface area contributed by atoms with Gasteiger partial charge in [-0.1, -0.05) is 165 Å². The molecule has 0 spiro atoms. The molecule has 294 valence electrons. The van der Waals surface area contributed by atoms with E-state index in [2.05, 4.69) is 212 Å². The Kier molecular flexibility index (Phi) is 10.8. The summed E-state index contributed by atoms with van der Waals surface area (Å²) in [4.78, 5) is 4.51. The van der Waals surface area contributed by atoms with Crippen LogP contribution in [0.1, 0.15) is 30.9 Å². The molecule has 0 unspecified atom stereocenters. The molecule has 1 aliphatic rings. The van der Waals surface area contributed by atoms with Crippen LogP contribution >= 0.6 is 0 Å². The summed E-state index contributed by atoms with van der Waals surface area (Å²) in [5.74, 6) is 1.59. The number of anilines is 4. The zero-order chi connectivity index (χ0) is 39.9. The number of aromatic nitrogens is 1. The Balaban J connectivity index is 0.00000462. The van der Waals surface area contributed by atoms with Gasteiger partial charge in [-0.3, -0.25) is 0 Å². The van der Waals surface area contributed by atoms with Crippen LogP contribution in [0, 0.1) is 25.7 Å². The van der Waals surface area contributed by atoms with Crippen LogP contribution < -0.4 is 14.5 Å². The van der Waals surface area contributed by atoms with Crippen LogP contribution in [0.5, 0.6) is 11.5 Å². The molecule has 6 heteroatoms. The minimum absolute atomic E-state index is 0. The topological polar surface area (TPSA) is 34.7 Å². The van der Waals surface area contributed by atoms with Gasteiger partial charge in [-0.2, -0.15) is 12.1 Å². The van der Waals surface area contributed by atoms with Crippen molar-refractivity contribution in [3.63, 3.8) is 0 Å². The molecule has 5 nitrogen and oxygen atoms in total. The van der Waals surface area contributed by atoms with Gasteiger partial charge in [0, 0.05) is 45.2 Å². The van der Waals surface area contributed by atoms with Crippen LogP contribution in [0.4, 0.5) is 28.4 Å². The van der Waals surface area contributed by atoms with Crippen molar-refractivity contribution in [3.8, 4) is 33.8 Å². The maximum Gasteiger partial charge on any atom is 4.00 e. The Morgan fingerprint density at radius 3 is 1.95 bits per heavy atom. The van der Waals surface area contributed by atoms with Crippen molar-refractivity contribution in [3.05, 3.63) is 211 Å². The molecule has 1 aliphatic heterocycles. The zero-order valence-corrected chi connectivity index (χ0v) is 35.9. The molecule has 8 aromatic carbocycles. The summed E-state index contributed by atoms with van der Waals surface area (Å²) in [7, 11) is 0. The Morgan fingerprint density at radius 2 is 1.23 bits per heavy atom. The number of ether oxygens (including phenoxy) is 1. The number of nitrogens with zero attached hydrogens (tertiary/aromatic N) is 4. The SMILES string of the molecule is Cc1ccc([N-]Cn2c3[c-]c(Oc4[c-]c(N5[CH-]N(c6c(-c7ccccc7)cccc6-c6ccccc6)c6ccccc65)ccc4)ccc3c3ccccc32)c(C(C)C)c1.[Pt+4]. The third-order valence-electron chi connectivity index (χ3n) is 11.2. The summed E-state index contributed by atoms with van der Waals surface area (Å²) in [6, 6.07) is 68.8. The Hall–Kier alpha value is -6.55. The molecule has 0 fully saturated rings. The van der Waals surface area contributed by atoms with E-state index in [0.717, 1.165) is 67.1 Å². The number of aryl methyl sites for hydroxylation is 1. The predicted molar refractivity (Wildman–Crippen MR) is 244 cm³/mol. The summed E-state index contributed by atoms with van der Waals surface area (Å²) >= 11 is 0. The summed E-state index contributed by atoms with van der Waals surface area (Å²) in [6.45, 7) is 9.22. The van der Waals surface area contributed by atoms with E-state index < -0.39 is 0 Å². The van der Waals surface area contributed by atoms with Gasteiger partial charge < -0.3 is 24.4 Å². The van der Waals surface area contributed by atoms with E-state index in [1.807, 2.05) is 18.2 Å². The van der Waals surface area contributed by atoms with Crippen LogP contribution in [-0.4, -0.2) is 4.57 Å². The fourth-order valence-electron chi connectivity index (χ4n) is 8.33. The molecule has 0 saturated carbocycles. The van der Waals surface area contributed by atoms with E-state index in [1.165, 1.54) is 16.5 Å². The number of hydrogen-bond acceptors (Lipinski definition) is 3. The molecule has 0 aliphatic carbocycles. The van der Waals surface area contributed by atoms with Gasteiger partial charge in [0.05, 0.1) is 0 Å². The standard InChI is InChI=1S/C54H42N4O.Pt/c1-37(2)48-32-38(3)28-31-49(48)55-35-56-50-25-11-10-22-46(50)47-30-29-43(34-53(47)56)59-42-21-14-20-41(33-42)57-36-58(52-27-13-12-26-51(52)57)54-44(39-16-6-4-7-17-39)23-15-24-45(54)40-18-8-5-9-19-40;/h4-32,36-37H,35H2,1-3H3;/q-4;+4. The Labute approximate surface area is 366 Å². The van der Waals surface area contributed by atoms with Crippen LogP contribution in [0.25, 0.3) is 49.4 Å². The maximum absolute atomic E-state index is 6.61. The van der Waals surface area contributed by atoms with Crippen molar-refractivity contribution in [1.82, 2.24) is 4.57 Å². The quantitative estimate of drug-likeness (QED) is 0.128. The minimum atomic E-state index is 0. The van der Waals surface area contributed by atoms with Gasteiger partial charge in [-0.05, 0) is 47.6 Å². The number of benzene rings is 8. The molecule has 0 bridgehead atoms. The molecular formula is C54H42N4OPt. The smallest absolute Gasteiger partial charge is 0.667 e. The van der Waals surface area contributed by atoms with Gasteiger partial charge in [-0.25, -0.2) is 0 Å². The monoisotopic (exact) mass is 957 g/mol. The molecule has 0 atom stereocenters. The maximum atomic E-state index is 6.61. The van der Waals surface area contributed by atoms with Gasteiger partial charge in [-0.15, -0.1) is 53.8 Å². The number of hydrogen-bond donors (Lipinski definition) is 0. The van der Waals surface area contributed by atoms with Crippen LogP contribution in [0.15, 0.2) is 176 Å². The minimum Gasteiger partial charge on any atom is -0.667 e. The van der Waals surface area contributed by atoms with E-state index in [1.54, 1.807) is 0 Å². The molecular weight excluding hydrogens is 916 g/mol. The zero-order valence-electron chi connectivity index (χ0n) is 33.6. The van der Waals surface area contributed by atoms with Crippen LogP contribution in [0.2, 0.25) is 0 Å². The van der Waals surface area contributed by atoms with Gasteiger partial charge in [0.25, 0.3) is 0 Å². The molecule has 60 heavy (non-hydrogen) atoms. The molecule has 0 radical (unpaired) electrons. The van der Waals surface area contributed by atoms with Crippen molar-refractivity contribution in [2.45, 2.75) is 33.4 Å². The first kappa shape index (κ1) is 38.9. The summed E-state index contributed by atoms with van der Waals surface area (Å²) in [6.07, 6.45) is 0. The second-order valence-electron chi connectivity index (χ2n) is 15.3. The summed E-state index contributed by atoms with van der Waals surface area (Å²) in [5.41, 5.74) is 14.3. The third-order valence-corrected chi connectivity index (χ3v) is 11.2. The van der Waals surface area contributed by atoms with E-state index in [4.69, 9.17) is 10.1 Å². The number of rotatable bonds is 10. The van der Waals surface area contributed by atoms with Crippen molar-refractivity contribution in [1.29, 1.82) is 0 Å². The average molecular weight is 958 g/mol. The fourth-order valence-corrected chi connectivity index (χ4v) is 8.33. The molecule has 2 heterocycles. The largest absolute Gasteiger partial charge is 4.00 e. The van der Waals surface area contributed by atoms with E-state index in [0.29, 0.717) is 24.1 Å². The predicted octanol–water partition coefficient (Wildman–Crippen LogP) is 15.0. The van der Waals surface area contributed by atoms with E-state index in [-0.39, 0.29) is 21.1 Å². The summed E-state index contributed by atoms with van der Waals surface area (Å²) < 4.78 is 8.85. The molecule has 0 saturated heterocycles. The van der Waals surface area contributed by atoms with Gasteiger partial charge in [0.15, 0.2) is 0 Å². The first-order valence-corrected chi connectivity index (χ1v) is 20.2. The number of para-hydroxylation sites is 4. The van der Waals surface area contributed by atoms with Crippen molar-refractivity contribution >= 4 is 50.2 Å². The van der Waals surface area contributed by atoms with E-state index >= 15 is 0 Å². The van der Waals surface area contributed by atoms with E-state index in [9.17, 15) is 0 Å². The van der Waals surface area contributed by atoms with Crippen molar-refractivity contribution in [2.75, 3.05) is 9.80 Å². The van der Waals surface area contributed by atoms with Crippen molar-refractivity contribution in [2.24, 2.45) is 0 Å².